The molecule has 0 aliphatic rings. The Bertz CT molecular complexity index is 301. The molecule has 15 heavy (non-hydrogen) atoms. The Kier molecular flexibility index (Phi) is 4.89. The fourth-order valence-corrected chi connectivity index (χ4v) is 1.89. The Labute approximate surface area is 97.3 Å². The maximum atomic E-state index is 5.91. The van der Waals surface area contributed by atoms with E-state index in [2.05, 4.69) is 30.7 Å². The highest BCUT2D eigenvalue weighted by Crippen LogP contribution is 2.21. The molecule has 84 valence electrons. The number of rotatable bonds is 5. The van der Waals surface area contributed by atoms with E-state index in [4.69, 9.17) is 11.6 Å². The maximum absolute atomic E-state index is 5.91. The van der Waals surface area contributed by atoms with Crippen molar-refractivity contribution in [1.29, 1.82) is 0 Å². The quantitative estimate of drug-likeness (QED) is 0.715. The summed E-state index contributed by atoms with van der Waals surface area (Å²) in [6.45, 7) is 7.53. The topological polar surface area (TPSA) is 16.1 Å². The molecule has 0 radical (unpaired) electrons. The fraction of sp³-hybridized carbons (Fsp3) is 0.583. The van der Waals surface area contributed by atoms with E-state index in [1.54, 1.807) is 0 Å². The second-order valence-corrected chi connectivity index (χ2v) is 3.93. The van der Waals surface area contributed by atoms with E-state index in [0.717, 1.165) is 24.3 Å². The highest BCUT2D eigenvalue weighted by Gasteiger charge is 2.14. The number of hydrogen-bond donors (Lipinski definition) is 0. The van der Waals surface area contributed by atoms with E-state index in [1.807, 2.05) is 18.3 Å². The molecule has 1 aromatic heterocycles. The zero-order valence-electron chi connectivity index (χ0n) is 9.70. The van der Waals surface area contributed by atoms with Gasteiger partial charge in [-0.05, 0) is 26.3 Å². The standard InChI is InChI=1S/C12H19ClN2/c1-4-10(3)15(5-2)12-11(9-13)7-6-8-14-12/h6-8,10H,4-5,9H2,1-3H3. The van der Waals surface area contributed by atoms with Gasteiger partial charge in [0.15, 0.2) is 0 Å². The Morgan fingerprint density at radius 3 is 2.73 bits per heavy atom. The molecule has 0 saturated carbocycles. The van der Waals surface area contributed by atoms with Gasteiger partial charge >= 0.3 is 0 Å². The van der Waals surface area contributed by atoms with Crippen molar-refractivity contribution < 1.29 is 0 Å². The van der Waals surface area contributed by atoms with Crippen molar-refractivity contribution in [2.45, 2.75) is 39.1 Å². The molecule has 1 aromatic rings. The van der Waals surface area contributed by atoms with Gasteiger partial charge in [0.1, 0.15) is 5.82 Å². The second-order valence-electron chi connectivity index (χ2n) is 3.66. The lowest BCUT2D eigenvalue weighted by Crippen LogP contribution is -2.33. The molecule has 1 heterocycles. The van der Waals surface area contributed by atoms with Gasteiger partial charge < -0.3 is 4.90 Å². The zero-order valence-corrected chi connectivity index (χ0v) is 10.5. The van der Waals surface area contributed by atoms with Crippen molar-refractivity contribution in [2.75, 3.05) is 11.4 Å². The first-order chi connectivity index (χ1) is 7.24. The van der Waals surface area contributed by atoms with Crippen LogP contribution in [0.2, 0.25) is 0 Å². The molecular formula is C12H19ClN2. The van der Waals surface area contributed by atoms with Crippen molar-refractivity contribution in [3.05, 3.63) is 23.9 Å². The minimum atomic E-state index is 0.506. The van der Waals surface area contributed by atoms with E-state index < -0.39 is 0 Å². The minimum Gasteiger partial charge on any atom is -0.354 e. The predicted molar refractivity (Wildman–Crippen MR) is 66.6 cm³/mol. The van der Waals surface area contributed by atoms with E-state index in [0.29, 0.717) is 11.9 Å². The molecule has 0 aliphatic heterocycles. The first-order valence-corrected chi connectivity index (χ1v) is 6.04. The van der Waals surface area contributed by atoms with Gasteiger partial charge in [-0.1, -0.05) is 13.0 Å². The summed E-state index contributed by atoms with van der Waals surface area (Å²) < 4.78 is 0. The summed E-state index contributed by atoms with van der Waals surface area (Å²) in [4.78, 5) is 6.73. The monoisotopic (exact) mass is 226 g/mol. The van der Waals surface area contributed by atoms with Crippen molar-refractivity contribution in [3.63, 3.8) is 0 Å². The van der Waals surface area contributed by atoms with Crippen LogP contribution in [0.5, 0.6) is 0 Å². The summed E-state index contributed by atoms with van der Waals surface area (Å²) in [6, 6.07) is 4.48. The van der Waals surface area contributed by atoms with Crippen molar-refractivity contribution >= 4 is 17.4 Å². The lowest BCUT2D eigenvalue weighted by atomic mass is 10.2. The number of alkyl halides is 1. The third-order valence-corrected chi connectivity index (χ3v) is 3.04. The second kappa shape index (κ2) is 5.96. The maximum Gasteiger partial charge on any atom is 0.133 e. The van der Waals surface area contributed by atoms with Gasteiger partial charge in [-0.3, -0.25) is 0 Å². The number of anilines is 1. The van der Waals surface area contributed by atoms with Crippen LogP contribution in [0, 0.1) is 0 Å². The van der Waals surface area contributed by atoms with Crippen LogP contribution in [0.15, 0.2) is 18.3 Å². The SMILES string of the molecule is CCC(C)N(CC)c1ncccc1CCl. The van der Waals surface area contributed by atoms with Crippen molar-refractivity contribution in [1.82, 2.24) is 4.98 Å². The molecule has 0 spiro atoms. The molecule has 1 rings (SSSR count). The Balaban J connectivity index is 3.00. The lowest BCUT2D eigenvalue weighted by Gasteiger charge is -2.29. The average molecular weight is 227 g/mol. The fourth-order valence-electron chi connectivity index (χ4n) is 1.68. The number of pyridine rings is 1. The van der Waals surface area contributed by atoms with E-state index in [1.165, 1.54) is 0 Å². The van der Waals surface area contributed by atoms with Crippen molar-refractivity contribution in [2.24, 2.45) is 0 Å². The summed E-state index contributed by atoms with van der Waals surface area (Å²) in [5.41, 5.74) is 1.11. The Hall–Kier alpha value is -0.760. The number of hydrogen-bond acceptors (Lipinski definition) is 2. The number of aromatic nitrogens is 1. The molecule has 0 amide bonds. The summed E-state index contributed by atoms with van der Waals surface area (Å²) >= 11 is 5.91. The van der Waals surface area contributed by atoms with Crippen molar-refractivity contribution in [3.8, 4) is 0 Å². The third-order valence-electron chi connectivity index (χ3n) is 2.75. The molecule has 2 nitrogen and oxygen atoms in total. The van der Waals surface area contributed by atoms with Crippen LogP contribution in [-0.4, -0.2) is 17.6 Å². The molecule has 0 fully saturated rings. The lowest BCUT2D eigenvalue weighted by molar-refractivity contribution is 0.621. The highest BCUT2D eigenvalue weighted by atomic mass is 35.5. The van der Waals surface area contributed by atoms with Crippen LogP contribution in [0.25, 0.3) is 0 Å². The third kappa shape index (κ3) is 2.85. The molecule has 3 heteroatoms. The normalized spacial score (nSPS) is 12.5. The largest absolute Gasteiger partial charge is 0.354 e. The van der Waals surface area contributed by atoms with Gasteiger partial charge in [-0.2, -0.15) is 0 Å². The highest BCUT2D eigenvalue weighted by molar-refractivity contribution is 6.17. The molecule has 0 aliphatic carbocycles. The summed E-state index contributed by atoms with van der Waals surface area (Å²) in [5, 5.41) is 0. The first kappa shape index (κ1) is 12.3. The Morgan fingerprint density at radius 2 is 2.20 bits per heavy atom. The zero-order chi connectivity index (χ0) is 11.3. The van der Waals surface area contributed by atoms with Crippen LogP contribution in [0.4, 0.5) is 5.82 Å². The summed E-state index contributed by atoms with van der Waals surface area (Å²) in [7, 11) is 0. The molecule has 1 unspecified atom stereocenters. The van der Waals surface area contributed by atoms with Gasteiger partial charge in [0.25, 0.3) is 0 Å². The number of nitrogens with zero attached hydrogens (tertiary/aromatic N) is 2. The average Bonchev–Trinajstić information content (AvgIpc) is 2.30. The van der Waals surface area contributed by atoms with Gasteiger partial charge in [-0.25, -0.2) is 4.98 Å². The minimum absolute atomic E-state index is 0.506. The molecule has 0 saturated heterocycles. The molecule has 0 N–H and O–H groups in total. The predicted octanol–water partition coefficient (Wildman–Crippen LogP) is 3.45. The van der Waals surface area contributed by atoms with Crippen LogP contribution in [0.1, 0.15) is 32.8 Å². The van der Waals surface area contributed by atoms with Gasteiger partial charge in [0, 0.05) is 24.3 Å². The van der Waals surface area contributed by atoms with Crippen LogP contribution < -0.4 is 4.90 Å². The van der Waals surface area contributed by atoms with E-state index in [9.17, 15) is 0 Å². The first-order valence-electron chi connectivity index (χ1n) is 5.51. The van der Waals surface area contributed by atoms with Crippen LogP contribution in [0.3, 0.4) is 0 Å². The number of halogens is 1. The van der Waals surface area contributed by atoms with E-state index in [-0.39, 0.29) is 0 Å². The van der Waals surface area contributed by atoms with Gasteiger partial charge in [0.05, 0.1) is 5.88 Å². The van der Waals surface area contributed by atoms with Crippen LogP contribution >= 0.6 is 11.6 Å². The Morgan fingerprint density at radius 1 is 1.47 bits per heavy atom. The van der Waals surface area contributed by atoms with Gasteiger partial charge in [0.2, 0.25) is 0 Å². The molecular weight excluding hydrogens is 208 g/mol. The molecule has 1 atom stereocenters. The van der Waals surface area contributed by atoms with E-state index >= 15 is 0 Å². The van der Waals surface area contributed by atoms with Gasteiger partial charge in [-0.15, -0.1) is 11.6 Å². The summed E-state index contributed by atoms with van der Waals surface area (Å²) in [5.74, 6) is 1.56. The smallest absolute Gasteiger partial charge is 0.133 e. The molecule has 0 bridgehead atoms. The van der Waals surface area contributed by atoms with Crippen LogP contribution in [-0.2, 0) is 5.88 Å². The molecule has 0 aromatic carbocycles. The summed E-state index contributed by atoms with van der Waals surface area (Å²) in [6.07, 6.45) is 2.95.